The van der Waals surface area contributed by atoms with Gasteiger partial charge in [-0.3, -0.25) is 0 Å². The molecule has 0 aliphatic carbocycles. The summed E-state index contributed by atoms with van der Waals surface area (Å²) in [6, 6.07) is 5.33. The first-order chi connectivity index (χ1) is 13.7. The van der Waals surface area contributed by atoms with E-state index in [-0.39, 0.29) is 6.04 Å². The molecular weight excluding hydrogens is 370 g/mol. The number of rotatable bonds is 8. The molecule has 0 aliphatic rings. The molecule has 2 heterocycles. The molecule has 0 radical (unpaired) electrons. The number of nitrogens with two attached hydrogens (primary N) is 1. The standard InChI is InChI=1S/C20H29N7O2/c1-6-15(20(2,3)28)24-19-25-17(16-18(26-19)27(4)11-23-16)22-10-12-9-13(29-5)7-8-14(12)21/h7-9,11,15,28H,6,10,21H2,1-5H3,(H2,22,24,25,26). The van der Waals surface area contributed by atoms with Crippen LogP contribution in [0.2, 0.25) is 0 Å². The zero-order valence-electron chi connectivity index (χ0n) is 17.5. The number of methoxy groups -OCH3 is 1. The zero-order chi connectivity index (χ0) is 21.2. The second-order valence-corrected chi connectivity index (χ2v) is 7.60. The number of ether oxygens (including phenoxy) is 1. The predicted octanol–water partition coefficient (Wildman–Crippen LogP) is 2.53. The molecule has 5 N–H and O–H groups in total. The molecule has 1 unspecified atom stereocenters. The van der Waals surface area contributed by atoms with Crippen LogP contribution in [0.15, 0.2) is 24.5 Å². The van der Waals surface area contributed by atoms with Crippen LogP contribution in [0.3, 0.4) is 0 Å². The molecule has 2 aromatic heterocycles. The van der Waals surface area contributed by atoms with Crippen molar-refractivity contribution in [3.63, 3.8) is 0 Å². The molecule has 156 valence electrons. The van der Waals surface area contributed by atoms with Gasteiger partial charge in [0, 0.05) is 19.3 Å². The number of anilines is 3. The first-order valence-electron chi connectivity index (χ1n) is 9.57. The van der Waals surface area contributed by atoms with E-state index in [2.05, 4.69) is 25.6 Å². The van der Waals surface area contributed by atoms with Gasteiger partial charge in [-0.15, -0.1) is 0 Å². The molecule has 3 rings (SSSR count). The van der Waals surface area contributed by atoms with Crippen LogP contribution < -0.4 is 21.1 Å². The number of hydrogen-bond acceptors (Lipinski definition) is 8. The van der Waals surface area contributed by atoms with E-state index >= 15 is 0 Å². The Kier molecular flexibility index (Phi) is 5.78. The largest absolute Gasteiger partial charge is 0.497 e. The van der Waals surface area contributed by atoms with Gasteiger partial charge in [0.15, 0.2) is 17.0 Å². The molecule has 0 spiro atoms. The van der Waals surface area contributed by atoms with Gasteiger partial charge in [-0.25, -0.2) is 4.98 Å². The smallest absolute Gasteiger partial charge is 0.227 e. The number of aromatic nitrogens is 4. The van der Waals surface area contributed by atoms with Gasteiger partial charge >= 0.3 is 0 Å². The van der Waals surface area contributed by atoms with Gasteiger partial charge in [0.25, 0.3) is 0 Å². The van der Waals surface area contributed by atoms with Crippen LogP contribution in [-0.4, -0.2) is 43.4 Å². The number of nitrogens with zero attached hydrogens (tertiary/aromatic N) is 4. The van der Waals surface area contributed by atoms with Crippen molar-refractivity contribution in [2.45, 2.75) is 45.4 Å². The number of nitrogens with one attached hydrogen (secondary N) is 2. The van der Waals surface area contributed by atoms with E-state index in [1.165, 1.54) is 0 Å². The number of aliphatic hydroxyl groups is 1. The third-order valence-corrected chi connectivity index (χ3v) is 4.92. The fraction of sp³-hybridized carbons (Fsp3) is 0.450. The van der Waals surface area contributed by atoms with Crippen molar-refractivity contribution in [3.8, 4) is 5.75 Å². The fourth-order valence-corrected chi connectivity index (χ4v) is 3.17. The SMILES string of the molecule is CCC(Nc1nc(NCc2cc(OC)ccc2N)c2ncn(C)c2n1)C(C)(C)O. The first-order valence-corrected chi connectivity index (χ1v) is 9.57. The summed E-state index contributed by atoms with van der Waals surface area (Å²) < 4.78 is 7.12. The maximum Gasteiger partial charge on any atom is 0.227 e. The highest BCUT2D eigenvalue weighted by Crippen LogP contribution is 2.25. The van der Waals surface area contributed by atoms with Crippen LogP contribution in [-0.2, 0) is 13.6 Å². The van der Waals surface area contributed by atoms with E-state index < -0.39 is 5.60 Å². The van der Waals surface area contributed by atoms with Gasteiger partial charge in [0.1, 0.15) is 5.75 Å². The number of imidazole rings is 1. The Balaban J connectivity index is 1.93. The van der Waals surface area contributed by atoms with Crippen LogP contribution in [0.4, 0.5) is 17.5 Å². The van der Waals surface area contributed by atoms with Gasteiger partial charge in [-0.1, -0.05) is 6.92 Å². The van der Waals surface area contributed by atoms with Crippen molar-refractivity contribution in [2.75, 3.05) is 23.5 Å². The number of nitrogen functional groups attached to an aromatic ring is 1. The molecule has 0 saturated carbocycles. The Morgan fingerprint density at radius 2 is 2.07 bits per heavy atom. The van der Waals surface area contributed by atoms with Gasteiger partial charge < -0.3 is 30.8 Å². The van der Waals surface area contributed by atoms with Crippen LogP contribution >= 0.6 is 0 Å². The Bertz CT molecular complexity index is 994. The minimum atomic E-state index is -0.915. The van der Waals surface area contributed by atoms with Gasteiger partial charge in [0.05, 0.1) is 25.1 Å². The minimum absolute atomic E-state index is 0.199. The van der Waals surface area contributed by atoms with Crippen molar-refractivity contribution in [2.24, 2.45) is 7.05 Å². The van der Waals surface area contributed by atoms with Crippen molar-refractivity contribution >= 4 is 28.6 Å². The molecule has 0 saturated heterocycles. The molecule has 0 amide bonds. The highest BCUT2D eigenvalue weighted by Gasteiger charge is 2.26. The monoisotopic (exact) mass is 399 g/mol. The Labute approximate surface area is 170 Å². The third kappa shape index (κ3) is 4.51. The molecule has 0 aliphatic heterocycles. The second kappa shape index (κ2) is 8.12. The average molecular weight is 399 g/mol. The highest BCUT2D eigenvalue weighted by molar-refractivity contribution is 5.84. The summed E-state index contributed by atoms with van der Waals surface area (Å²) in [4.78, 5) is 13.6. The van der Waals surface area contributed by atoms with Crippen LogP contribution in [0.5, 0.6) is 5.75 Å². The Morgan fingerprint density at radius 1 is 1.31 bits per heavy atom. The van der Waals surface area contributed by atoms with E-state index in [1.807, 2.05) is 36.7 Å². The molecule has 9 nitrogen and oxygen atoms in total. The maximum atomic E-state index is 10.4. The van der Waals surface area contributed by atoms with Gasteiger partial charge in [0.2, 0.25) is 5.95 Å². The fourth-order valence-electron chi connectivity index (χ4n) is 3.17. The third-order valence-electron chi connectivity index (χ3n) is 4.92. The first kappa shape index (κ1) is 20.7. The Hall–Kier alpha value is -3.07. The zero-order valence-corrected chi connectivity index (χ0v) is 17.5. The van der Waals surface area contributed by atoms with Crippen molar-refractivity contribution in [1.29, 1.82) is 0 Å². The van der Waals surface area contributed by atoms with Crippen molar-refractivity contribution in [3.05, 3.63) is 30.1 Å². The number of hydrogen-bond donors (Lipinski definition) is 4. The lowest BCUT2D eigenvalue weighted by Crippen LogP contribution is -2.41. The summed E-state index contributed by atoms with van der Waals surface area (Å²) in [5.41, 5.74) is 8.09. The molecule has 0 fully saturated rings. The molecular formula is C20H29N7O2. The van der Waals surface area contributed by atoms with E-state index in [9.17, 15) is 5.11 Å². The molecule has 9 heteroatoms. The highest BCUT2D eigenvalue weighted by atomic mass is 16.5. The topological polar surface area (TPSA) is 123 Å². The minimum Gasteiger partial charge on any atom is -0.497 e. The number of benzene rings is 1. The van der Waals surface area contributed by atoms with Gasteiger partial charge in [-0.05, 0) is 44.0 Å². The molecule has 3 aromatic rings. The summed E-state index contributed by atoms with van der Waals surface area (Å²) in [6.07, 6.45) is 2.42. The lowest BCUT2D eigenvalue weighted by molar-refractivity contribution is 0.0577. The predicted molar refractivity (Wildman–Crippen MR) is 115 cm³/mol. The lowest BCUT2D eigenvalue weighted by Gasteiger charge is -2.29. The number of aryl methyl sites for hydroxylation is 1. The summed E-state index contributed by atoms with van der Waals surface area (Å²) in [7, 11) is 3.50. The molecule has 0 bridgehead atoms. The average Bonchev–Trinajstić information content (AvgIpc) is 3.05. The van der Waals surface area contributed by atoms with Crippen molar-refractivity contribution < 1.29 is 9.84 Å². The molecule has 1 aromatic carbocycles. The summed E-state index contributed by atoms with van der Waals surface area (Å²) >= 11 is 0. The van der Waals surface area contributed by atoms with E-state index in [0.29, 0.717) is 35.2 Å². The summed E-state index contributed by atoms with van der Waals surface area (Å²) in [5, 5.41) is 17.0. The van der Waals surface area contributed by atoms with Crippen molar-refractivity contribution in [1.82, 2.24) is 19.5 Å². The van der Waals surface area contributed by atoms with E-state index in [1.54, 1.807) is 27.3 Å². The molecule has 1 atom stereocenters. The van der Waals surface area contributed by atoms with E-state index in [0.717, 1.165) is 17.7 Å². The summed E-state index contributed by atoms with van der Waals surface area (Å²) in [6.45, 7) is 5.99. The second-order valence-electron chi connectivity index (χ2n) is 7.60. The van der Waals surface area contributed by atoms with Crippen LogP contribution in [0, 0.1) is 0 Å². The normalized spacial score (nSPS) is 12.8. The quantitative estimate of drug-likeness (QED) is 0.426. The lowest BCUT2D eigenvalue weighted by atomic mass is 9.97. The van der Waals surface area contributed by atoms with Crippen LogP contribution in [0.25, 0.3) is 11.2 Å². The maximum absolute atomic E-state index is 10.4. The van der Waals surface area contributed by atoms with E-state index in [4.69, 9.17) is 10.5 Å². The Morgan fingerprint density at radius 3 is 2.72 bits per heavy atom. The van der Waals surface area contributed by atoms with Gasteiger partial charge in [-0.2, -0.15) is 9.97 Å². The van der Waals surface area contributed by atoms with Crippen LogP contribution in [0.1, 0.15) is 32.8 Å². The molecule has 29 heavy (non-hydrogen) atoms. The number of fused-ring (bicyclic) bond motifs is 1. The summed E-state index contributed by atoms with van der Waals surface area (Å²) in [5.74, 6) is 1.75.